The van der Waals surface area contributed by atoms with Gasteiger partial charge in [-0.15, -0.1) is 0 Å². The van der Waals surface area contributed by atoms with E-state index in [9.17, 15) is 9.46 Å². The Morgan fingerprint density at radius 2 is 1.08 bits per heavy atom. The normalized spacial score (nSPS) is 10.3. The number of benzene rings is 3. The molecule has 7 heteroatoms. The molecule has 0 amide bonds. The number of phosphoric ester groups is 1. The third kappa shape index (κ3) is 6.99. The average molecular weight is 359 g/mol. The number of phenols is 2. The third-order valence-corrected chi connectivity index (χ3v) is 3.62. The number of hydrogen-bond donors (Lipinski definition) is 2. The Morgan fingerprint density at radius 1 is 0.680 bits per heavy atom. The van der Waals surface area contributed by atoms with E-state index < -0.39 is 7.82 Å². The first-order chi connectivity index (χ1) is 11.9. The van der Waals surface area contributed by atoms with Crippen molar-refractivity contribution in [2.24, 2.45) is 0 Å². The lowest BCUT2D eigenvalue weighted by Crippen LogP contribution is -2.12. The molecular weight excluding hydrogens is 343 g/mol. The van der Waals surface area contributed by atoms with Gasteiger partial charge in [0, 0.05) is 6.07 Å². The highest BCUT2D eigenvalue weighted by Gasteiger charge is 2.12. The second kappa shape index (κ2) is 8.78. The Balaban J connectivity index is 0.000000236. The molecule has 3 rings (SSSR count). The average Bonchev–Trinajstić information content (AvgIpc) is 2.56. The minimum Gasteiger partial charge on any atom is -0.736 e. The van der Waals surface area contributed by atoms with Gasteiger partial charge >= 0.3 is 7.82 Å². The van der Waals surface area contributed by atoms with Crippen molar-refractivity contribution < 1.29 is 28.7 Å². The largest absolute Gasteiger partial charge is 0.736 e. The summed E-state index contributed by atoms with van der Waals surface area (Å²) in [5.74, 6) is 0.624. The SMILES string of the molecule is O=P([O-])(Oc1ccccc1)Oc1ccccc1.Oc1cccc(O)c1. The van der Waals surface area contributed by atoms with E-state index >= 15 is 0 Å². The molecule has 0 aliphatic carbocycles. The van der Waals surface area contributed by atoms with Gasteiger partial charge in [0.05, 0.1) is 0 Å². The fourth-order valence-electron chi connectivity index (χ4n) is 1.73. The Hall–Kier alpha value is -2.95. The molecule has 0 atom stereocenters. The summed E-state index contributed by atoms with van der Waals surface area (Å²) in [6.07, 6.45) is 0. The van der Waals surface area contributed by atoms with Crippen molar-refractivity contribution in [3.63, 3.8) is 0 Å². The zero-order chi connectivity index (χ0) is 18.1. The fourth-order valence-corrected chi connectivity index (χ4v) is 2.53. The van der Waals surface area contributed by atoms with Gasteiger partial charge in [0.25, 0.3) is 0 Å². The van der Waals surface area contributed by atoms with Crippen LogP contribution < -0.4 is 13.9 Å². The molecule has 130 valence electrons. The summed E-state index contributed by atoms with van der Waals surface area (Å²) in [6, 6.07) is 22.3. The molecule has 25 heavy (non-hydrogen) atoms. The van der Waals surface area contributed by atoms with Crippen LogP contribution in [0.5, 0.6) is 23.0 Å². The van der Waals surface area contributed by atoms with Crippen LogP contribution in [0, 0.1) is 0 Å². The highest BCUT2D eigenvalue weighted by atomic mass is 31.2. The highest BCUT2D eigenvalue weighted by molar-refractivity contribution is 7.46. The fraction of sp³-hybridized carbons (Fsp3) is 0. The van der Waals surface area contributed by atoms with E-state index in [4.69, 9.17) is 19.3 Å². The van der Waals surface area contributed by atoms with Crippen LogP contribution in [0.2, 0.25) is 0 Å². The van der Waals surface area contributed by atoms with E-state index in [1.165, 1.54) is 18.2 Å². The number of phenolic OH excluding ortho intramolecular Hbond substituents is 2. The second-order valence-corrected chi connectivity index (χ2v) is 6.04. The number of rotatable bonds is 4. The van der Waals surface area contributed by atoms with Crippen LogP contribution in [0.3, 0.4) is 0 Å². The molecule has 0 unspecified atom stereocenters. The number of para-hydroxylation sites is 2. The molecule has 0 spiro atoms. The van der Waals surface area contributed by atoms with Crippen molar-refractivity contribution in [3.8, 4) is 23.0 Å². The van der Waals surface area contributed by atoms with Crippen LogP contribution in [0.4, 0.5) is 0 Å². The molecule has 2 N–H and O–H groups in total. The molecule has 3 aromatic carbocycles. The van der Waals surface area contributed by atoms with E-state index in [1.54, 1.807) is 66.7 Å². The molecule has 0 aliphatic heterocycles. The molecule has 3 aromatic rings. The maximum absolute atomic E-state index is 11.6. The van der Waals surface area contributed by atoms with Crippen molar-refractivity contribution in [1.29, 1.82) is 0 Å². The summed E-state index contributed by atoms with van der Waals surface area (Å²) in [5.41, 5.74) is 0. The first-order valence-electron chi connectivity index (χ1n) is 7.23. The Morgan fingerprint density at radius 3 is 1.40 bits per heavy atom. The number of hydrogen-bond acceptors (Lipinski definition) is 6. The Bertz CT molecular complexity index is 760. The van der Waals surface area contributed by atoms with Crippen molar-refractivity contribution in [2.45, 2.75) is 0 Å². The van der Waals surface area contributed by atoms with Crippen LogP contribution in [0.25, 0.3) is 0 Å². The van der Waals surface area contributed by atoms with E-state index in [-0.39, 0.29) is 23.0 Å². The minimum absolute atomic E-state index is 0.0880. The molecular formula is C18H16O6P-. The van der Waals surface area contributed by atoms with Crippen LogP contribution in [0.15, 0.2) is 84.9 Å². The predicted molar refractivity (Wildman–Crippen MR) is 91.5 cm³/mol. The van der Waals surface area contributed by atoms with E-state index in [0.717, 1.165) is 0 Å². The topological polar surface area (TPSA) is 99.1 Å². The standard InChI is InChI=1S/C12H11O4P.C6H6O2/c13-17(14,15-11-7-3-1-4-8-11)16-12-9-5-2-6-10-12;7-5-2-1-3-6(8)4-5/h1-10H,(H,13,14);1-4,7-8H/p-1. The van der Waals surface area contributed by atoms with Crippen molar-refractivity contribution >= 4 is 7.82 Å². The van der Waals surface area contributed by atoms with Crippen LogP contribution >= 0.6 is 7.82 Å². The van der Waals surface area contributed by atoms with Gasteiger partial charge in [-0.25, -0.2) is 4.57 Å². The van der Waals surface area contributed by atoms with Crippen LogP contribution in [-0.4, -0.2) is 10.2 Å². The third-order valence-electron chi connectivity index (χ3n) is 2.75. The molecule has 0 bridgehead atoms. The van der Waals surface area contributed by atoms with E-state index in [0.29, 0.717) is 0 Å². The molecule has 0 saturated heterocycles. The van der Waals surface area contributed by atoms with Gasteiger partial charge in [0.15, 0.2) is 0 Å². The summed E-state index contributed by atoms with van der Waals surface area (Å²) in [5, 5.41) is 17.3. The summed E-state index contributed by atoms with van der Waals surface area (Å²) < 4.78 is 21.1. The molecule has 0 saturated carbocycles. The number of phosphoric acid groups is 1. The van der Waals surface area contributed by atoms with Gasteiger partial charge in [-0.05, 0) is 36.4 Å². The van der Waals surface area contributed by atoms with Gasteiger partial charge in [-0.1, -0.05) is 42.5 Å². The second-order valence-electron chi connectivity index (χ2n) is 4.78. The summed E-state index contributed by atoms with van der Waals surface area (Å²) in [7, 11) is -4.39. The monoisotopic (exact) mass is 359 g/mol. The molecule has 0 aromatic heterocycles. The predicted octanol–water partition coefficient (Wildman–Crippen LogP) is 3.71. The summed E-state index contributed by atoms with van der Waals surface area (Å²) >= 11 is 0. The lowest BCUT2D eigenvalue weighted by atomic mass is 10.3. The lowest BCUT2D eigenvalue weighted by molar-refractivity contribution is -0.208. The van der Waals surface area contributed by atoms with Crippen molar-refractivity contribution in [3.05, 3.63) is 84.9 Å². The first-order valence-corrected chi connectivity index (χ1v) is 8.69. The van der Waals surface area contributed by atoms with E-state index in [2.05, 4.69) is 0 Å². The Labute approximate surface area is 145 Å². The molecule has 0 aliphatic rings. The zero-order valence-corrected chi connectivity index (χ0v) is 14.0. The summed E-state index contributed by atoms with van der Waals surface area (Å²) in [6.45, 7) is 0. The maximum Gasteiger partial charge on any atom is 0.372 e. The Kier molecular flexibility index (Phi) is 6.46. The van der Waals surface area contributed by atoms with Crippen LogP contribution in [0.1, 0.15) is 0 Å². The van der Waals surface area contributed by atoms with Crippen molar-refractivity contribution in [1.82, 2.24) is 0 Å². The smallest absolute Gasteiger partial charge is 0.372 e. The van der Waals surface area contributed by atoms with Gasteiger partial charge in [0.1, 0.15) is 23.0 Å². The number of aromatic hydroxyl groups is 2. The van der Waals surface area contributed by atoms with Crippen molar-refractivity contribution in [2.75, 3.05) is 0 Å². The van der Waals surface area contributed by atoms with Gasteiger partial charge in [-0.3, -0.25) is 0 Å². The van der Waals surface area contributed by atoms with Crippen LogP contribution in [-0.2, 0) is 4.57 Å². The quantitative estimate of drug-likeness (QED) is 0.689. The van der Waals surface area contributed by atoms with Gasteiger partial charge < -0.3 is 24.2 Å². The first kappa shape index (κ1) is 18.4. The molecule has 0 fully saturated rings. The molecule has 0 heterocycles. The minimum atomic E-state index is -4.39. The zero-order valence-electron chi connectivity index (χ0n) is 13.1. The highest BCUT2D eigenvalue weighted by Crippen LogP contribution is 2.40. The maximum atomic E-state index is 11.6. The lowest BCUT2D eigenvalue weighted by Gasteiger charge is -2.23. The summed E-state index contributed by atoms with van der Waals surface area (Å²) in [4.78, 5) is 11.6. The van der Waals surface area contributed by atoms with Gasteiger partial charge in [-0.2, -0.15) is 0 Å². The molecule has 0 radical (unpaired) electrons. The molecule has 6 nitrogen and oxygen atoms in total. The van der Waals surface area contributed by atoms with Gasteiger partial charge in [0.2, 0.25) is 0 Å². The van der Waals surface area contributed by atoms with E-state index in [1.807, 2.05) is 0 Å².